The van der Waals surface area contributed by atoms with E-state index in [9.17, 15) is 14.7 Å². The van der Waals surface area contributed by atoms with Crippen molar-refractivity contribution in [2.75, 3.05) is 0 Å². The minimum atomic E-state index is -1.92. The molecular formula is C14H25NO4. The summed E-state index contributed by atoms with van der Waals surface area (Å²) in [6.07, 6.45) is 5.37. The molecule has 1 fully saturated rings. The van der Waals surface area contributed by atoms with Crippen molar-refractivity contribution in [3.05, 3.63) is 0 Å². The van der Waals surface area contributed by atoms with E-state index >= 15 is 0 Å². The van der Waals surface area contributed by atoms with Crippen LogP contribution in [0.25, 0.3) is 0 Å². The smallest absolute Gasteiger partial charge is 0.338 e. The lowest BCUT2D eigenvalue weighted by molar-refractivity contribution is -0.170. The molecule has 0 amide bonds. The number of carbonyl (C=O) groups excluding carboxylic acids is 1. The summed E-state index contributed by atoms with van der Waals surface area (Å²) < 4.78 is 5.16. The SMILES string of the molecule is CC(C)(C)OC(=O)C(N)(CC1CCCCC1)C(=O)O. The number of nitrogens with two attached hydrogens (primary N) is 1. The fourth-order valence-corrected chi connectivity index (χ4v) is 2.47. The third-order valence-corrected chi connectivity index (χ3v) is 3.48. The van der Waals surface area contributed by atoms with E-state index in [1.807, 2.05) is 0 Å². The van der Waals surface area contributed by atoms with Crippen molar-refractivity contribution in [1.29, 1.82) is 0 Å². The van der Waals surface area contributed by atoms with Crippen LogP contribution >= 0.6 is 0 Å². The standard InChI is InChI=1S/C14H25NO4/c1-13(2,3)19-12(18)14(15,11(16)17)9-10-7-5-4-6-8-10/h10H,4-9,15H2,1-3H3,(H,16,17). The Morgan fingerprint density at radius 3 is 2.16 bits per heavy atom. The summed E-state index contributed by atoms with van der Waals surface area (Å²) in [6, 6.07) is 0. The third-order valence-electron chi connectivity index (χ3n) is 3.48. The molecule has 5 nitrogen and oxygen atoms in total. The molecule has 1 rings (SSSR count). The van der Waals surface area contributed by atoms with Gasteiger partial charge in [-0.2, -0.15) is 0 Å². The predicted octanol–water partition coefficient (Wildman–Crippen LogP) is 2.08. The molecule has 1 unspecified atom stereocenters. The molecule has 0 heterocycles. The summed E-state index contributed by atoms with van der Waals surface area (Å²) in [5.41, 5.74) is 3.19. The van der Waals surface area contributed by atoms with Crippen LogP contribution in [0.1, 0.15) is 59.3 Å². The van der Waals surface area contributed by atoms with Gasteiger partial charge in [-0.05, 0) is 33.1 Å². The Labute approximate surface area is 114 Å². The fourth-order valence-electron chi connectivity index (χ4n) is 2.47. The summed E-state index contributed by atoms with van der Waals surface area (Å²) in [4.78, 5) is 23.5. The molecule has 0 saturated heterocycles. The molecule has 0 aromatic heterocycles. The quantitative estimate of drug-likeness (QED) is 0.603. The van der Waals surface area contributed by atoms with Gasteiger partial charge in [-0.3, -0.25) is 0 Å². The van der Waals surface area contributed by atoms with E-state index in [-0.39, 0.29) is 12.3 Å². The molecule has 1 atom stereocenters. The topological polar surface area (TPSA) is 89.6 Å². The molecule has 0 bridgehead atoms. The molecule has 1 aliphatic carbocycles. The molecule has 1 aliphatic rings. The predicted molar refractivity (Wildman–Crippen MR) is 71.6 cm³/mol. The summed E-state index contributed by atoms with van der Waals surface area (Å²) in [5.74, 6) is -1.94. The zero-order valence-electron chi connectivity index (χ0n) is 12.1. The highest BCUT2D eigenvalue weighted by Gasteiger charge is 2.46. The van der Waals surface area contributed by atoms with Gasteiger partial charge in [0.2, 0.25) is 5.54 Å². The molecule has 1 saturated carbocycles. The molecule has 0 aromatic rings. The molecule has 0 spiro atoms. The lowest BCUT2D eigenvalue weighted by Gasteiger charge is -2.32. The number of carbonyl (C=O) groups is 2. The van der Waals surface area contributed by atoms with Crippen molar-refractivity contribution in [2.45, 2.75) is 70.4 Å². The second-order valence-electron chi connectivity index (χ2n) is 6.49. The van der Waals surface area contributed by atoms with Gasteiger partial charge in [0.25, 0.3) is 0 Å². The first-order valence-electron chi connectivity index (χ1n) is 6.91. The van der Waals surface area contributed by atoms with E-state index in [2.05, 4.69) is 0 Å². The number of carboxylic acid groups (broad SMARTS) is 1. The van der Waals surface area contributed by atoms with Crippen molar-refractivity contribution < 1.29 is 19.4 Å². The first-order valence-corrected chi connectivity index (χ1v) is 6.91. The lowest BCUT2D eigenvalue weighted by atomic mass is 9.79. The lowest BCUT2D eigenvalue weighted by Crippen LogP contribution is -2.58. The van der Waals surface area contributed by atoms with E-state index < -0.39 is 23.1 Å². The Hall–Kier alpha value is -1.10. The van der Waals surface area contributed by atoms with Crippen molar-refractivity contribution >= 4 is 11.9 Å². The number of carboxylic acids is 1. The second kappa shape index (κ2) is 5.90. The number of aliphatic carboxylic acids is 1. The van der Waals surface area contributed by atoms with Gasteiger partial charge in [0.15, 0.2) is 0 Å². The van der Waals surface area contributed by atoms with Crippen molar-refractivity contribution in [3.8, 4) is 0 Å². The zero-order valence-corrected chi connectivity index (χ0v) is 12.1. The van der Waals surface area contributed by atoms with Crippen LogP contribution in [0.4, 0.5) is 0 Å². The molecule has 0 radical (unpaired) electrons. The van der Waals surface area contributed by atoms with Crippen LogP contribution in [-0.2, 0) is 14.3 Å². The maximum Gasteiger partial charge on any atom is 0.338 e. The van der Waals surface area contributed by atoms with Gasteiger partial charge in [0.1, 0.15) is 5.60 Å². The number of esters is 1. The van der Waals surface area contributed by atoms with Gasteiger partial charge >= 0.3 is 11.9 Å². The van der Waals surface area contributed by atoms with E-state index in [1.165, 1.54) is 6.42 Å². The van der Waals surface area contributed by atoms with E-state index in [0.29, 0.717) is 0 Å². The van der Waals surface area contributed by atoms with Crippen molar-refractivity contribution in [1.82, 2.24) is 0 Å². The van der Waals surface area contributed by atoms with Crippen LogP contribution < -0.4 is 5.73 Å². The average Bonchev–Trinajstić information content (AvgIpc) is 2.27. The van der Waals surface area contributed by atoms with Crippen LogP contribution in [-0.4, -0.2) is 28.2 Å². The summed E-state index contributed by atoms with van der Waals surface area (Å²) in [6.45, 7) is 5.11. The Bertz CT molecular complexity index is 342. The molecule has 110 valence electrons. The number of ether oxygens (including phenoxy) is 1. The normalized spacial score (nSPS) is 20.6. The Kier molecular flexibility index (Phi) is 4.96. The van der Waals surface area contributed by atoms with Crippen LogP contribution in [0.3, 0.4) is 0 Å². The van der Waals surface area contributed by atoms with E-state index in [1.54, 1.807) is 20.8 Å². The average molecular weight is 271 g/mol. The summed E-state index contributed by atoms with van der Waals surface area (Å²) in [5, 5.41) is 9.30. The highest BCUT2D eigenvalue weighted by molar-refractivity contribution is 6.03. The van der Waals surface area contributed by atoms with E-state index in [0.717, 1.165) is 25.7 Å². The molecule has 0 aromatic carbocycles. The van der Waals surface area contributed by atoms with Crippen molar-refractivity contribution in [2.24, 2.45) is 11.7 Å². The maximum atomic E-state index is 12.1. The zero-order chi connectivity index (χ0) is 14.7. The number of rotatable bonds is 4. The van der Waals surface area contributed by atoms with Crippen LogP contribution in [0.15, 0.2) is 0 Å². The summed E-state index contributed by atoms with van der Waals surface area (Å²) >= 11 is 0. The fraction of sp³-hybridized carbons (Fsp3) is 0.857. The van der Waals surface area contributed by atoms with Gasteiger partial charge in [0.05, 0.1) is 0 Å². The molecule has 0 aliphatic heterocycles. The van der Waals surface area contributed by atoms with Gasteiger partial charge in [-0.15, -0.1) is 0 Å². The number of hydrogen-bond donors (Lipinski definition) is 2. The number of hydrogen-bond acceptors (Lipinski definition) is 4. The monoisotopic (exact) mass is 271 g/mol. The first-order chi connectivity index (χ1) is 8.65. The Morgan fingerprint density at radius 2 is 1.74 bits per heavy atom. The Balaban J connectivity index is 2.78. The van der Waals surface area contributed by atoms with Gasteiger partial charge < -0.3 is 15.6 Å². The maximum absolute atomic E-state index is 12.1. The highest BCUT2D eigenvalue weighted by Crippen LogP contribution is 2.31. The summed E-state index contributed by atoms with van der Waals surface area (Å²) in [7, 11) is 0. The first kappa shape index (κ1) is 16.0. The Morgan fingerprint density at radius 1 is 1.21 bits per heavy atom. The minimum absolute atomic E-state index is 0.164. The van der Waals surface area contributed by atoms with Gasteiger partial charge in [-0.25, -0.2) is 9.59 Å². The minimum Gasteiger partial charge on any atom is -0.479 e. The van der Waals surface area contributed by atoms with Crippen LogP contribution in [0.2, 0.25) is 0 Å². The highest BCUT2D eigenvalue weighted by atomic mass is 16.6. The second-order valence-corrected chi connectivity index (χ2v) is 6.49. The largest absolute Gasteiger partial charge is 0.479 e. The van der Waals surface area contributed by atoms with Gasteiger partial charge in [0, 0.05) is 0 Å². The van der Waals surface area contributed by atoms with E-state index in [4.69, 9.17) is 10.5 Å². The van der Waals surface area contributed by atoms with Crippen LogP contribution in [0, 0.1) is 5.92 Å². The van der Waals surface area contributed by atoms with Crippen molar-refractivity contribution in [3.63, 3.8) is 0 Å². The molecule has 5 heteroatoms. The van der Waals surface area contributed by atoms with Gasteiger partial charge in [-0.1, -0.05) is 32.1 Å². The molecule has 3 N–H and O–H groups in total. The molecular weight excluding hydrogens is 246 g/mol. The third kappa shape index (κ3) is 4.49. The van der Waals surface area contributed by atoms with Crippen LogP contribution in [0.5, 0.6) is 0 Å². The molecule has 19 heavy (non-hydrogen) atoms.